The Kier molecular flexibility index (Phi) is 3.82. The molecule has 2 aromatic carbocycles. The first-order valence-electron chi connectivity index (χ1n) is 8.61. The summed E-state index contributed by atoms with van der Waals surface area (Å²) in [6, 6.07) is 14.8. The van der Waals surface area contributed by atoms with Crippen molar-refractivity contribution in [2.75, 3.05) is 13.2 Å². The number of fused-ring (bicyclic) bond motifs is 1. The second-order valence-corrected chi connectivity index (χ2v) is 6.95. The van der Waals surface area contributed by atoms with E-state index in [2.05, 4.69) is 29.6 Å². The highest BCUT2D eigenvalue weighted by atomic mass is 16.5. The maximum atomic E-state index is 12.5. The molecule has 1 spiro atoms. The number of amides is 1. The lowest BCUT2D eigenvalue weighted by molar-refractivity contribution is -0.126. The van der Waals surface area contributed by atoms with Gasteiger partial charge in [0.2, 0.25) is 5.91 Å². The van der Waals surface area contributed by atoms with Crippen LogP contribution in [0.15, 0.2) is 42.5 Å². The van der Waals surface area contributed by atoms with Crippen LogP contribution in [-0.4, -0.2) is 25.2 Å². The summed E-state index contributed by atoms with van der Waals surface area (Å²) in [6.45, 7) is 1.69. The zero-order chi connectivity index (χ0) is 15.7. The van der Waals surface area contributed by atoms with Crippen molar-refractivity contribution in [2.24, 2.45) is 5.41 Å². The van der Waals surface area contributed by atoms with Gasteiger partial charge < -0.3 is 10.1 Å². The monoisotopic (exact) mass is 309 g/mol. The highest BCUT2D eigenvalue weighted by molar-refractivity contribution is 5.90. The molecule has 3 heteroatoms. The van der Waals surface area contributed by atoms with Crippen molar-refractivity contribution >= 4 is 16.7 Å². The van der Waals surface area contributed by atoms with E-state index in [-0.39, 0.29) is 5.91 Å². The number of ether oxygens (including phenoxy) is 1. The largest absolute Gasteiger partial charge is 0.381 e. The number of nitrogens with one attached hydrogen (secondary N) is 1. The second-order valence-electron chi connectivity index (χ2n) is 6.95. The van der Waals surface area contributed by atoms with Gasteiger partial charge in [0.05, 0.1) is 6.42 Å². The summed E-state index contributed by atoms with van der Waals surface area (Å²) >= 11 is 0. The zero-order valence-electron chi connectivity index (χ0n) is 13.4. The fourth-order valence-electron chi connectivity index (χ4n) is 4.16. The van der Waals surface area contributed by atoms with Gasteiger partial charge in [-0.15, -0.1) is 0 Å². The quantitative estimate of drug-likeness (QED) is 0.943. The SMILES string of the molecule is O=C(Cc1cccc2ccccc12)NC1CCC12CCOCC2. The summed E-state index contributed by atoms with van der Waals surface area (Å²) in [7, 11) is 0. The van der Waals surface area contributed by atoms with Crippen LogP contribution in [0.2, 0.25) is 0 Å². The lowest BCUT2D eigenvalue weighted by atomic mass is 9.60. The molecule has 3 nitrogen and oxygen atoms in total. The minimum absolute atomic E-state index is 0.150. The summed E-state index contributed by atoms with van der Waals surface area (Å²) < 4.78 is 5.49. The summed E-state index contributed by atoms with van der Waals surface area (Å²) in [6.07, 6.45) is 4.99. The van der Waals surface area contributed by atoms with Gasteiger partial charge in [-0.1, -0.05) is 42.5 Å². The van der Waals surface area contributed by atoms with Gasteiger partial charge in [-0.25, -0.2) is 0 Å². The fourth-order valence-corrected chi connectivity index (χ4v) is 4.16. The maximum Gasteiger partial charge on any atom is 0.224 e. The molecule has 1 aliphatic carbocycles. The smallest absolute Gasteiger partial charge is 0.224 e. The van der Waals surface area contributed by atoms with E-state index >= 15 is 0 Å². The van der Waals surface area contributed by atoms with Crippen molar-refractivity contribution in [1.82, 2.24) is 5.32 Å². The van der Waals surface area contributed by atoms with E-state index in [1.807, 2.05) is 18.2 Å². The van der Waals surface area contributed by atoms with Gasteiger partial charge in [-0.3, -0.25) is 4.79 Å². The Bertz CT molecular complexity index is 713. The van der Waals surface area contributed by atoms with Gasteiger partial charge in [0.15, 0.2) is 0 Å². The third-order valence-corrected chi connectivity index (χ3v) is 5.72. The third-order valence-electron chi connectivity index (χ3n) is 5.72. The zero-order valence-corrected chi connectivity index (χ0v) is 13.4. The second kappa shape index (κ2) is 5.97. The number of benzene rings is 2. The molecule has 0 bridgehead atoms. The summed E-state index contributed by atoms with van der Waals surface area (Å²) in [5.74, 6) is 0.150. The molecule has 1 aliphatic heterocycles. The number of hydrogen-bond acceptors (Lipinski definition) is 2. The predicted molar refractivity (Wildman–Crippen MR) is 91.3 cm³/mol. The molecule has 1 saturated heterocycles. The average Bonchev–Trinajstić information content (AvgIpc) is 2.60. The number of carbonyl (C=O) groups is 1. The molecule has 2 aliphatic rings. The molecule has 2 aromatic rings. The average molecular weight is 309 g/mol. The molecule has 1 N–H and O–H groups in total. The summed E-state index contributed by atoms with van der Waals surface area (Å²) in [5.41, 5.74) is 1.42. The van der Waals surface area contributed by atoms with Crippen molar-refractivity contribution < 1.29 is 9.53 Å². The molecular formula is C20H23NO2. The normalized spacial score (nSPS) is 22.7. The van der Waals surface area contributed by atoms with Crippen LogP contribution in [0.4, 0.5) is 0 Å². The Morgan fingerprint density at radius 3 is 2.65 bits per heavy atom. The molecule has 1 amide bonds. The van der Waals surface area contributed by atoms with Crippen LogP contribution in [0.3, 0.4) is 0 Å². The van der Waals surface area contributed by atoms with E-state index in [1.165, 1.54) is 17.2 Å². The van der Waals surface area contributed by atoms with E-state index in [9.17, 15) is 4.79 Å². The van der Waals surface area contributed by atoms with Crippen LogP contribution in [-0.2, 0) is 16.0 Å². The highest BCUT2D eigenvalue weighted by Crippen LogP contribution is 2.48. The molecule has 0 radical (unpaired) electrons. The van der Waals surface area contributed by atoms with Gasteiger partial charge in [0.25, 0.3) is 0 Å². The van der Waals surface area contributed by atoms with Crippen molar-refractivity contribution in [3.05, 3.63) is 48.0 Å². The number of hydrogen-bond donors (Lipinski definition) is 1. The van der Waals surface area contributed by atoms with Gasteiger partial charge >= 0.3 is 0 Å². The van der Waals surface area contributed by atoms with Crippen LogP contribution in [0.25, 0.3) is 10.8 Å². The number of carbonyl (C=O) groups excluding carboxylic acids is 1. The van der Waals surface area contributed by atoms with E-state index in [0.29, 0.717) is 17.9 Å². The van der Waals surface area contributed by atoms with Gasteiger partial charge in [0, 0.05) is 19.3 Å². The minimum Gasteiger partial charge on any atom is -0.381 e. The first-order chi connectivity index (χ1) is 11.3. The molecule has 0 aromatic heterocycles. The highest BCUT2D eigenvalue weighted by Gasteiger charge is 2.47. The lowest BCUT2D eigenvalue weighted by Crippen LogP contribution is -2.57. The van der Waals surface area contributed by atoms with Gasteiger partial charge in [0.1, 0.15) is 0 Å². The lowest BCUT2D eigenvalue weighted by Gasteiger charge is -2.52. The first kappa shape index (κ1) is 14.7. The molecule has 2 fully saturated rings. The predicted octanol–water partition coefficient (Wildman–Crippen LogP) is 3.46. The Balaban J connectivity index is 1.46. The van der Waals surface area contributed by atoms with Crippen LogP contribution in [0.5, 0.6) is 0 Å². The minimum atomic E-state index is 0.150. The number of rotatable bonds is 3. The van der Waals surface area contributed by atoms with Crippen molar-refractivity contribution in [1.29, 1.82) is 0 Å². The standard InChI is InChI=1S/C20H23NO2/c22-19(21-18-8-9-20(18)10-12-23-13-11-20)14-16-6-3-5-15-4-1-2-7-17(15)16/h1-7,18H,8-14H2,(H,21,22). The molecule has 1 atom stereocenters. The molecule has 23 heavy (non-hydrogen) atoms. The van der Waals surface area contributed by atoms with Crippen LogP contribution < -0.4 is 5.32 Å². The molecule has 120 valence electrons. The third kappa shape index (κ3) is 2.74. The van der Waals surface area contributed by atoms with Crippen LogP contribution >= 0.6 is 0 Å². The molecule has 1 heterocycles. The Morgan fingerprint density at radius 2 is 1.87 bits per heavy atom. The molecule has 4 rings (SSSR count). The van der Waals surface area contributed by atoms with Gasteiger partial charge in [-0.05, 0) is 47.4 Å². The maximum absolute atomic E-state index is 12.5. The Hall–Kier alpha value is -1.87. The summed E-state index contributed by atoms with van der Waals surface area (Å²) in [4.78, 5) is 12.5. The molecule has 1 saturated carbocycles. The fraction of sp³-hybridized carbons (Fsp3) is 0.450. The van der Waals surface area contributed by atoms with Gasteiger partial charge in [-0.2, -0.15) is 0 Å². The van der Waals surface area contributed by atoms with Crippen LogP contribution in [0.1, 0.15) is 31.2 Å². The van der Waals surface area contributed by atoms with E-state index in [0.717, 1.165) is 38.0 Å². The molecule has 1 unspecified atom stereocenters. The van der Waals surface area contributed by atoms with E-state index in [4.69, 9.17) is 4.74 Å². The topological polar surface area (TPSA) is 38.3 Å². The van der Waals surface area contributed by atoms with E-state index in [1.54, 1.807) is 0 Å². The summed E-state index contributed by atoms with van der Waals surface area (Å²) in [5, 5.41) is 5.67. The van der Waals surface area contributed by atoms with Crippen molar-refractivity contribution in [3.8, 4) is 0 Å². The Labute approximate surface area is 137 Å². The Morgan fingerprint density at radius 1 is 1.09 bits per heavy atom. The van der Waals surface area contributed by atoms with Crippen molar-refractivity contribution in [3.63, 3.8) is 0 Å². The van der Waals surface area contributed by atoms with E-state index < -0.39 is 0 Å². The van der Waals surface area contributed by atoms with Crippen molar-refractivity contribution in [2.45, 2.75) is 38.1 Å². The van der Waals surface area contributed by atoms with Crippen LogP contribution in [0, 0.1) is 5.41 Å². The first-order valence-corrected chi connectivity index (χ1v) is 8.61. The molecular weight excluding hydrogens is 286 g/mol.